The predicted octanol–water partition coefficient (Wildman–Crippen LogP) is 2.37. The second-order valence-electron chi connectivity index (χ2n) is 23.0. The van der Waals surface area contributed by atoms with Gasteiger partial charge in [-0.3, -0.25) is 4.79 Å². The molecule has 7 fully saturated rings. The molecule has 0 aromatic rings. The molecule has 360 valence electrons. The van der Waals surface area contributed by atoms with Crippen LogP contribution in [-0.4, -0.2) is 157 Å². The summed E-state index contributed by atoms with van der Waals surface area (Å²) in [6, 6.07) is 0. The lowest BCUT2D eigenvalue weighted by Crippen LogP contribution is -2.67. The Labute approximate surface area is 371 Å². The van der Waals surface area contributed by atoms with Crippen LogP contribution in [-0.2, 0) is 33.2 Å². The standard InChI is InChI=1S/C47H76O16/c1-22-30(50)33(53)35(55)38(59-22)62-37-34(54)32(52)26(20-48)60-40(37)63-36-31(51)25(49)21-58-39(36)61-29-12-13-44(6)27(43(29,4)5)11-14-46(8)28(44)10-9-23-24-19-42(2,3)15-17-47(24,41(56)57)18-16-45(23,46)7/h9,22,24-40,48-55H,10-21H2,1-8H3,(H,56,57)/t22-,24+,25-,26+,27+,28+,29-,30+,31-,32-,33+,34-,35+,36-,37-,38-,39+,40-,44+,45-,46-,47+/m1/s1. The predicted molar refractivity (Wildman–Crippen MR) is 223 cm³/mol. The summed E-state index contributed by atoms with van der Waals surface area (Å²) in [5, 5.41) is 96.7. The average Bonchev–Trinajstić information content (AvgIpc) is 3.21. The van der Waals surface area contributed by atoms with E-state index in [0.29, 0.717) is 18.8 Å². The molecule has 0 bridgehead atoms. The zero-order valence-electron chi connectivity index (χ0n) is 38.3. The molecule has 3 saturated heterocycles. The van der Waals surface area contributed by atoms with Crippen molar-refractivity contribution in [2.24, 2.45) is 50.2 Å². The van der Waals surface area contributed by atoms with Gasteiger partial charge in [0.2, 0.25) is 0 Å². The Balaban J connectivity index is 1.03. The van der Waals surface area contributed by atoms with Crippen molar-refractivity contribution in [1.29, 1.82) is 0 Å². The van der Waals surface area contributed by atoms with Crippen LogP contribution >= 0.6 is 0 Å². The van der Waals surface area contributed by atoms with Crippen LogP contribution in [0.4, 0.5) is 0 Å². The van der Waals surface area contributed by atoms with E-state index >= 15 is 0 Å². The summed E-state index contributed by atoms with van der Waals surface area (Å²) in [5.41, 5.74) is 0.124. The van der Waals surface area contributed by atoms with Crippen molar-refractivity contribution >= 4 is 5.97 Å². The lowest BCUT2D eigenvalue weighted by Gasteiger charge is -2.71. The molecule has 9 N–H and O–H groups in total. The molecule has 0 aromatic heterocycles. The number of carboxylic acids is 1. The number of ether oxygens (including phenoxy) is 6. The third-order valence-corrected chi connectivity index (χ3v) is 18.9. The van der Waals surface area contributed by atoms with Gasteiger partial charge in [-0.15, -0.1) is 0 Å². The van der Waals surface area contributed by atoms with Crippen molar-refractivity contribution in [3.8, 4) is 0 Å². The molecule has 22 atom stereocenters. The van der Waals surface area contributed by atoms with Crippen LogP contribution in [0, 0.1) is 50.2 Å². The van der Waals surface area contributed by atoms with Gasteiger partial charge in [-0.05, 0) is 116 Å². The topological polar surface area (TPSA) is 255 Å². The highest BCUT2D eigenvalue weighted by atomic mass is 16.8. The average molecular weight is 897 g/mol. The Morgan fingerprint density at radius 1 is 0.714 bits per heavy atom. The lowest BCUT2D eigenvalue weighted by atomic mass is 9.33. The number of aliphatic hydroxyl groups excluding tert-OH is 8. The lowest BCUT2D eigenvalue weighted by molar-refractivity contribution is -0.392. The maximum absolute atomic E-state index is 13.1. The molecule has 8 aliphatic rings. The van der Waals surface area contributed by atoms with Gasteiger partial charge in [-0.2, -0.15) is 0 Å². The fraction of sp³-hybridized carbons (Fsp3) is 0.936. The molecule has 0 aromatic carbocycles. The molecule has 5 aliphatic carbocycles. The second kappa shape index (κ2) is 16.7. The first-order chi connectivity index (χ1) is 29.4. The maximum Gasteiger partial charge on any atom is 0.310 e. The van der Waals surface area contributed by atoms with E-state index in [2.05, 4.69) is 54.5 Å². The molecule has 16 heteroatoms. The van der Waals surface area contributed by atoms with E-state index in [0.717, 1.165) is 51.4 Å². The number of carbonyl (C=O) groups is 1. The van der Waals surface area contributed by atoms with Gasteiger partial charge in [0.05, 0.1) is 30.8 Å². The van der Waals surface area contributed by atoms with Crippen LogP contribution < -0.4 is 0 Å². The first kappa shape index (κ1) is 48.1. The Kier molecular flexibility index (Phi) is 12.8. The Morgan fingerprint density at radius 3 is 2.06 bits per heavy atom. The third-order valence-electron chi connectivity index (χ3n) is 18.9. The van der Waals surface area contributed by atoms with E-state index in [9.17, 15) is 50.8 Å². The highest BCUT2D eigenvalue weighted by Gasteiger charge is 2.70. The number of carboxylic acid groups (broad SMARTS) is 1. The van der Waals surface area contributed by atoms with Gasteiger partial charge in [-0.1, -0.05) is 60.1 Å². The Hall–Kier alpha value is -1.35. The smallest absolute Gasteiger partial charge is 0.310 e. The molecule has 0 unspecified atom stereocenters. The zero-order valence-corrected chi connectivity index (χ0v) is 38.3. The zero-order chi connectivity index (χ0) is 46.0. The van der Waals surface area contributed by atoms with Gasteiger partial charge in [0, 0.05) is 0 Å². The molecule has 3 heterocycles. The van der Waals surface area contributed by atoms with E-state index in [1.165, 1.54) is 12.5 Å². The van der Waals surface area contributed by atoms with Gasteiger partial charge in [0.25, 0.3) is 0 Å². The van der Waals surface area contributed by atoms with Crippen molar-refractivity contribution in [3.63, 3.8) is 0 Å². The normalized spacial score (nSPS) is 54.1. The van der Waals surface area contributed by atoms with Crippen LogP contribution in [0.15, 0.2) is 11.6 Å². The number of aliphatic hydroxyl groups is 8. The van der Waals surface area contributed by atoms with E-state index in [-0.39, 0.29) is 46.2 Å². The molecular weight excluding hydrogens is 821 g/mol. The van der Waals surface area contributed by atoms with Crippen molar-refractivity contribution in [3.05, 3.63) is 11.6 Å². The summed E-state index contributed by atoms with van der Waals surface area (Å²) in [6.45, 7) is 16.9. The number of hydrogen-bond acceptors (Lipinski definition) is 15. The molecular formula is C47H76O16. The van der Waals surface area contributed by atoms with Crippen LogP contribution in [0.5, 0.6) is 0 Å². The monoisotopic (exact) mass is 897 g/mol. The van der Waals surface area contributed by atoms with Gasteiger partial charge in [0.1, 0.15) is 61.0 Å². The molecule has 8 rings (SSSR count). The summed E-state index contributed by atoms with van der Waals surface area (Å²) in [7, 11) is 0. The number of aliphatic carboxylic acids is 1. The van der Waals surface area contributed by atoms with E-state index in [1.807, 2.05) is 0 Å². The van der Waals surface area contributed by atoms with Gasteiger partial charge in [0.15, 0.2) is 18.9 Å². The van der Waals surface area contributed by atoms with E-state index in [1.54, 1.807) is 0 Å². The first-order valence-corrected chi connectivity index (χ1v) is 23.6. The molecule has 0 radical (unpaired) electrons. The number of allylic oxidation sites excluding steroid dienone is 2. The summed E-state index contributed by atoms with van der Waals surface area (Å²) < 4.78 is 36.7. The number of fused-ring (bicyclic) bond motifs is 7. The molecule has 3 aliphatic heterocycles. The minimum absolute atomic E-state index is 0.0300. The van der Waals surface area contributed by atoms with Gasteiger partial charge < -0.3 is 74.4 Å². The third kappa shape index (κ3) is 7.51. The summed E-state index contributed by atoms with van der Waals surface area (Å²) >= 11 is 0. The number of hydrogen-bond donors (Lipinski definition) is 9. The van der Waals surface area contributed by atoms with Crippen molar-refractivity contribution < 1.29 is 79.2 Å². The fourth-order valence-corrected chi connectivity index (χ4v) is 14.8. The van der Waals surface area contributed by atoms with Crippen molar-refractivity contribution in [2.75, 3.05) is 13.2 Å². The SMILES string of the molecule is C[C@H]1O[C@H](O[C@H]2[C@@H](O[C@H]3[C@H](O[C@@H]4CC[C@@]5(C)[C@@H](CC[C@]6(C)[C@H]5CC=C5[C@@H]7CC(C)(C)CC[C@]7(C(=O)O)CC[C@]56C)C4(C)C)OC[C@@H](O)[C@H]3O)O[C@@H](CO)[C@@H](O)[C@H]2O)[C@@H](O)[C@@H](O)[C@H]1O. The van der Waals surface area contributed by atoms with E-state index < -0.39 is 109 Å². The maximum atomic E-state index is 13.1. The molecule has 4 saturated carbocycles. The molecule has 0 amide bonds. The highest BCUT2D eigenvalue weighted by Crippen LogP contribution is 2.76. The van der Waals surface area contributed by atoms with E-state index in [4.69, 9.17) is 28.4 Å². The Morgan fingerprint density at radius 2 is 1.38 bits per heavy atom. The largest absolute Gasteiger partial charge is 0.481 e. The van der Waals surface area contributed by atoms with Crippen LogP contribution in [0.1, 0.15) is 120 Å². The van der Waals surface area contributed by atoms with Crippen LogP contribution in [0.25, 0.3) is 0 Å². The summed E-state index contributed by atoms with van der Waals surface area (Å²) in [4.78, 5) is 13.1. The van der Waals surface area contributed by atoms with Crippen LogP contribution in [0.3, 0.4) is 0 Å². The number of rotatable bonds is 8. The van der Waals surface area contributed by atoms with Crippen molar-refractivity contribution in [2.45, 2.75) is 212 Å². The minimum atomic E-state index is -1.79. The molecule has 63 heavy (non-hydrogen) atoms. The molecule has 16 nitrogen and oxygen atoms in total. The van der Waals surface area contributed by atoms with Crippen LogP contribution in [0.2, 0.25) is 0 Å². The Bertz CT molecular complexity index is 1720. The van der Waals surface area contributed by atoms with Crippen molar-refractivity contribution in [1.82, 2.24) is 0 Å². The van der Waals surface area contributed by atoms with Gasteiger partial charge in [-0.25, -0.2) is 0 Å². The summed E-state index contributed by atoms with van der Waals surface area (Å²) in [5.74, 6) is -0.0241. The quantitative estimate of drug-likeness (QED) is 0.125. The van der Waals surface area contributed by atoms with Gasteiger partial charge >= 0.3 is 5.97 Å². The minimum Gasteiger partial charge on any atom is -0.481 e. The second-order valence-corrected chi connectivity index (χ2v) is 23.0. The molecule has 0 spiro atoms. The first-order valence-electron chi connectivity index (χ1n) is 23.6. The fourth-order valence-electron chi connectivity index (χ4n) is 14.8. The summed E-state index contributed by atoms with van der Waals surface area (Å²) in [6.07, 6.45) is -10.7. The highest BCUT2D eigenvalue weighted by molar-refractivity contribution is 5.76.